The fraction of sp³-hybridized carbons (Fsp3) is 0.333. The number of hydrogen-bond donors (Lipinski definition) is 2. The SMILES string of the molecule is O[C@@H]1CN[C@H](c2nc(-c3ccc(F)c(Cl)c3)no2)C1. The van der Waals surface area contributed by atoms with Gasteiger partial charge in [0, 0.05) is 12.1 Å². The number of nitrogens with one attached hydrogen (secondary N) is 1. The van der Waals surface area contributed by atoms with E-state index in [9.17, 15) is 9.50 Å². The fourth-order valence-corrected chi connectivity index (χ4v) is 2.21. The van der Waals surface area contributed by atoms with Gasteiger partial charge < -0.3 is 14.9 Å². The van der Waals surface area contributed by atoms with E-state index in [4.69, 9.17) is 16.1 Å². The molecule has 5 nitrogen and oxygen atoms in total. The zero-order valence-electron chi connectivity index (χ0n) is 9.81. The lowest BCUT2D eigenvalue weighted by molar-refractivity contribution is 0.191. The van der Waals surface area contributed by atoms with Gasteiger partial charge in [0.15, 0.2) is 0 Å². The number of aliphatic hydroxyl groups is 1. The summed E-state index contributed by atoms with van der Waals surface area (Å²) in [5.74, 6) is 0.266. The summed E-state index contributed by atoms with van der Waals surface area (Å²) >= 11 is 5.71. The van der Waals surface area contributed by atoms with E-state index < -0.39 is 11.9 Å². The van der Waals surface area contributed by atoms with Gasteiger partial charge in [0.05, 0.1) is 17.2 Å². The summed E-state index contributed by atoms with van der Waals surface area (Å²) in [5, 5.41) is 16.4. The second-order valence-electron chi connectivity index (χ2n) is 4.44. The van der Waals surface area contributed by atoms with E-state index in [0.717, 1.165) is 0 Å². The number of aliphatic hydroxyl groups excluding tert-OH is 1. The van der Waals surface area contributed by atoms with Crippen LogP contribution in [0.2, 0.25) is 5.02 Å². The average molecular weight is 284 g/mol. The first kappa shape index (κ1) is 12.5. The molecular formula is C12H11ClFN3O2. The van der Waals surface area contributed by atoms with Crippen LogP contribution in [0.4, 0.5) is 4.39 Å². The molecule has 0 saturated carbocycles. The molecular weight excluding hydrogens is 273 g/mol. The molecule has 0 bridgehead atoms. The maximum absolute atomic E-state index is 13.1. The molecule has 1 saturated heterocycles. The van der Waals surface area contributed by atoms with Gasteiger partial charge in [0.2, 0.25) is 11.7 Å². The highest BCUT2D eigenvalue weighted by Gasteiger charge is 2.28. The lowest BCUT2D eigenvalue weighted by atomic mass is 10.2. The molecule has 2 N–H and O–H groups in total. The lowest BCUT2D eigenvalue weighted by Crippen LogP contribution is -2.15. The minimum atomic E-state index is -0.491. The van der Waals surface area contributed by atoms with Crippen molar-refractivity contribution >= 4 is 11.6 Å². The third kappa shape index (κ3) is 2.47. The molecule has 0 aliphatic carbocycles. The Kier molecular flexibility index (Phi) is 3.22. The van der Waals surface area contributed by atoms with Crippen LogP contribution in [-0.4, -0.2) is 27.9 Å². The molecule has 1 aromatic carbocycles. The van der Waals surface area contributed by atoms with Gasteiger partial charge in [-0.25, -0.2) is 4.39 Å². The number of β-amino-alcohol motifs (C(OH)–C–C–N with tert-alkyl or cyclic N) is 1. The summed E-state index contributed by atoms with van der Waals surface area (Å²) < 4.78 is 18.2. The fourth-order valence-electron chi connectivity index (χ4n) is 2.03. The van der Waals surface area contributed by atoms with Gasteiger partial charge in [-0.2, -0.15) is 4.98 Å². The molecule has 1 aliphatic rings. The minimum absolute atomic E-state index is 0.0123. The Morgan fingerprint density at radius 2 is 2.32 bits per heavy atom. The highest BCUT2D eigenvalue weighted by Crippen LogP contribution is 2.26. The largest absolute Gasteiger partial charge is 0.392 e. The predicted octanol–water partition coefficient (Wildman–Crippen LogP) is 1.92. The monoisotopic (exact) mass is 283 g/mol. The van der Waals surface area contributed by atoms with Crippen LogP contribution in [0.3, 0.4) is 0 Å². The highest BCUT2D eigenvalue weighted by atomic mass is 35.5. The normalized spacial score (nSPS) is 22.9. The van der Waals surface area contributed by atoms with Crippen LogP contribution in [-0.2, 0) is 0 Å². The molecule has 1 fully saturated rings. The van der Waals surface area contributed by atoms with Crippen LogP contribution in [0, 0.1) is 5.82 Å². The quantitative estimate of drug-likeness (QED) is 0.881. The van der Waals surface area contributed by atoms with Gasteiger partial charge in [-0.3, -0.25) is 0 Å². The van der Waals surface area contributed by atoms with Crippen molar-refractivity contribution in [3.63, 3.8) is 0 Å². The van der Waals surface area contributed by atoms with Crippen molar-refractivity contribution in [1.29, 1.82) is 0 Å². The zero-order valence-corrected chi connectivity index (χ0v) is 10.6. The summed E-state index contributed by atoms with van der Waals surface area (Å²) in [6, 6.07) is 4.09. The minimum Gasteiger partial charge on any atom is -0.392 e. The van der Waals surface area contributed by atoms with Crippen LogP contribution in [0.25, 0.3) is 11.4 Å². The molecule has 3 rings (SSSR count). The van der Waals surface area contributed by atoms with Crippen LogP contribution in [0.1, 0.15) is 18.4 Å². The maximum Gasteiger partial charge on any atom is 0.244 e. The van der Waals surface area contributed by atoms with Gasteiger partial charge in [-0.1, -0.05) is 16.8 Å². The van der Waals surface area contributed by atoms with Crippen molar-refractivity contribution in [2.45, 2.75) is 18.6 Å². The van der Waals surface area contributed by atoms with Gasteiger partial charge in [-0.05, 0) is 24.6 Å². The van der Waals surface area contributed by atoms with Crippen molar-refractivity contribution in [3.8, 4) is 11.4 Å². The van der Waals surface area contributed by atoms with E-state index in [-0.39, 0.29) is 11.1 Å². The van der Waals surface area contributed by atoms with Crippen LogP contribution in [0.15, 0.2) is 22.7 Å². The number of nitrogens with zero attached hydrogens (tertiary/aromatic N) is 2. The molecule has 19 heavy (non-hydrogen) atoms. The molecule has 2 heterocycles. The Hall–Kier alpha value is -1.50. The second kappa shape index (κ2) is 4.88. The van der Waals surface area contributed by atoms with E-state index >= 15 is 0 Å². The molecule has 0 unspecified atom stereocenters. The first-order valence-corrected chi connectivity index (χ1v) is 6.22. The molecule has 0 spiro atoms. The number of rotatable bonds is 2. The van der Waals surface area contributed by atoms with Gasteiger partial charge >= 0.3 is 0 Å². The Labute approximate surface area is 113 Å². The Balaban J connectivity index is 1.86. The van der Waals surface area contributed by atoms with E-state index in [1.54, 1.807) is 0 Å². The summed E-state index contributed by atoms with van der Waals surface area (Å²) in [4.78, 5) is 4.24. The standard InChI is InChI=1S/C12H11ClFN3O2/c13-8-3-6(1-2-9(8)14)11-16-12(19-17-11)10-4-7(18)5-15-10/h1-3,7,10,15,18H,4-5H2/t7-,10-/m0/s1. The number of benzene rings is 1. The predicted molar refractivity (Wildman–Crippen MR) is 66.1 cm³/mol. The zero-order chi connectivity index (χ0) is 13.4. The molecule has 1 aliphatic heterocycles. The Morgan fingerprint density at radius 3 is 3.00 bits per heavy atom. The third-order valence-corrected chi connectivity index (χ3v) is 3.31. The van der Waals surface area contributed by atoms with Crippen molar-refractivity contribution in [2.75, 3.05) is 6.54 Å². The van der Waals surface area contributed by atoms with Crippen LogP contribution >= 0.6 is 11.6 Å². The first-order chi connectivity index (χ1) is 9.13. The summed E-state index contributed by atoms with van der Waals surface area (Å²) in [7, 11) is 0. The molecule has 2 atom stereocenters. The molecule has 7 heteroatoms. The van der Waals surface area contributed by atoms with E-state index in [1.807, 2.05) is 0 Å². The third-order valence-electron chi connectivity index (χ3n) is 3.03. The second-order valence-corrected chi connectivity index (χ2v) is 4.84. The van der Waals surface area contributed by atoms with E-state index in [0.29, 0.717) is 30.2 Å². The Morgan fingerprint density at radius 1 is 1.47 bits per heavy atom. The van der Waals surface area contributed by atoms with Crippen LogP contribution < -0.4 is 5.32 Å². The van der Waals surface area contributed by atoms with E-state index in [1.165, 1.54) is 18.2 Å². The van der Waals surface area contributed by atoms with E-state index in [2.05, 4.69) is 15.5 Å². The van der Waals surface area contributed by atoms with Gasteiger partial charge in [-0.15, -0.1) is 0 Å². The molecule has 0 amide bonds. The molecule has 2 aromatic rings. The molecule has 1 aromatic heterocycles. The highest BCUT2D eigenvalue weighted by molar-refractivity contribution is 6.31. The number of halogens is 2. The smallest absolute Gasteiger partial charge is 0.244 e. The average Bonchev–Trinajstić information content (AvgIpc) is 3.01. The van der Waals surface area contributed by atoms with Gasteiger partial charge in [0.1, 0.15) is 5.82 Å². The molecule has 100 valence electrons. The molecule has 0 radical (unpaired) electrons. The summed E-state index contributed by atoms with van der Waals surface area (Å²) in [6.07, 6.45) is 0.131. The number of hydrogen-bond acceptors (Lipinski definition) is 5. The van der Waals surface area contributed by atoms with Crippen LogP contribution in [0.5, 0.6) is 0 Å². The summed E-state index contributed by atoms with van der Waals surface area (Å²) in [5.41, 5.74) is 0.583. The topological polar surface area (TPSA) is 71.2 Å². The summed E-state index contributed by atoms with van der Waals surface area (Å²) in [6.45, 7) is 0.505. The maximum atomic E-state index is 13.1. The van der Waals surface area contributed by atoms with Crippen molar-refractivity contribution < 1.29 is 14.0 Å². The number of aromatic nitrogens is 2. The van der Waals surface area contributed by atoms with Crippen molar-refractivity contribution in [1.82, 2.24) is 15.5 Å². The first-order valence-electron chi connectivity index (χ1n) is 5.84. The van der Waals surface area contributed by atoms with Crippen molar-refractivity contribution in [2.24, 2.45) is 0 Å². The van der Waals surface area contributed by atoms with Gasteiger partial charge in [0.25, 0.3) is 0 Å². The lowest BCUT2D eigenvalue weighted by Gasteiger charge is -2.01. The van der Waals surface area contributed by atoms with Crippen molar-refractivity contribution in [3.05, 3.63) is 34.9 Å². The Bertz CT molecular complexity index is 604.